The first-order valence-corrected chi connectivity index (χ1v) is 8.34. The highest BCUT2D eigenvalue weighted by Gasteiger charge is 2.17. The SMILES string of the molecule is O=C(O)Cc1cccc(-c2ccc(C(=O)N3CCCCC3)cc2)c1. The largest absolute Gasteiger partial charge is 0.481 e. The third-order valence-corrected chi connectivity index (χ3v) is 4.39. The topological polar surface area (TPSA) is 57.6 Å². The van der Waals surface area contributed by atoms with Crippen LogP contribution in [-0.2, 0) is 11.2 Å². The molecule has 0 radical (unpaired) electrons. The Labute approximate surface area is 141 Å². The van der Waals surface area contributed by atoms with Crippen LogP contribution in [0.5, 0.6) is 0 Å². The fourth-order valence-corrected chi connectivity index (χ4v) is 3.12. The first-order chi connectivity index (χ1) is 11.6. The van der Waals surface area contributed by atoms with Crippen molar-refractivity contribution in [3.05, 3.63) is 59.7 Å². The van der Waals surface area contributed by atoms with Crippen LogP contribution < -0.4 is 0 Å². The zero-order chi connectivity index (χ0) is 16.9. The molecular weight excluding hydrogens is 302 g/mol. The van der Waals surface area contributed by atoms with E-state index in [0.29, 0.717) is 5.56 Å². The zero-order valence-electron chi connectivity index (χ0n) is 13.6. The van der Waals surface area contributed by atoms with Crippen molar-refractivity contribution in [3.63, 3.8) is 0 Å². The Hall–Kier alpha value is -2.62. The van der Waals surface area contributed by atoms with E-state index in [9.17, 15) is 9.59 Å². The normalized spacial score (nSPS) is 14.4. The summed E-state index contributed by atoms with van der Waals surface area (Å²) >= 11 is 0. The molecule has 4 nitrogen and oxygen atoms in total. The van der Waals surface area contributed by atoms with Crippen LogP contribution in [-0.4, -0.2) is 35.0 Å². The molecule has 1 saturated heterocycles. The standard InChI is InChI=1S/C20H21NO3/c22-19(23)14-15-5-4-6-18(13-15)16-7-9-17(10-8-16)20(24)21-11-2-1-3-12-21/h4-10,13H,1-3,11-12,14H2,(H,22,23). The molecule has 0 atom stereocenters. The van der Waals surface area contributed by atoms with Crippen molar-refractivity contribution in [2.75, 3.05) is 13.1 Å². The van der Waals surface area contributed by atoms with Crippen LogP contribution in [0.3, 0.4) is 0 Å². The van der Waals surface area contributed by atoms with Gasteiger partial charge in [0.2, 0.25) is 0 Å². The minimum absolute atomic E-state index is 0.0133. The molecule has 2 aromatic rings. The van der Waals surface area contributed by atoms with E-state index in [2.05, 4.69) is 0 Å². The summed E-state index contributed by atoms with van der Waals surface area (Å²) in [5.74, 6) is -0.740. The second kappa shape index (κ2) is 7.30. The molecule has 0 aromatic heterocycles. The molecule has 3 rings (SSSR count). The number of carbonyl (C=O) groups excluding carboxylic acids is 1. The number of carbonyl (C=O) groups is 2. The number of carboxylic acid groups (broad SMARTS) is 1. The highest BCUT2D eigenvalue weighted by molar-refractivity contribution is 5.94. The van der Waals surface area contributed by atoms with Gasteiger partial charge in [-0.15, -0.1) is 0 Å². The lowest BCUT2D eigenvalue weighted by Crippen LogP contribution is -2.35. The quantitative estimate of drug-likeness (QED) is 0.935. The Morgan fingerprint density at radius 2 is 1.62 bits per heavy atom. The van der Waals surface area contributed by atoms with Crippen molar-refractivity contribution in [2.45, 2.75) is 25.7 Å². The number of hydrogen-bond acceptors (Lipinski definition) is 2. The second-order valence-corrected chi connectivity index (χ2v) is 6.20. The van der Waals surface area contributed by atoms with Crippen LogP contribution in [0.4, 0.5) is 0 Å². The Bertz CT molecular complexity index is 731. The summed E-state index contributed by atoms with van der Waals surface area (Å²) in [6.07, 6.45) is 3.38. The molecule has 1 heterocycles. The lowest BCUT2D eigenvalue weighted by Gasteiger charge is -2.26. The van der Waals surface area contributed by atoms with E-state index < -0.39 is 5.97 Å². The molecule has 0 aliphatic carbocycles. The average Bonchev–Trinajstić information content (AvgIpc) is 2.62. The number of benzene rings is 2. The molecule has 1 aliphatic heterocycles. The predicted molar refractivity (Wildman–Crippen MR) is 93.0 cm³/mol. The highest BCUT2D eigenvalue weighted by atomic mass is 16.4. The Balaban J connectivity index is 1.76. The molecule has 0 unspecified atom stereocenters. The number of amides is 1. The lowest BCUT2D eigenvalue weighted by atomic mass is 10.00. The van der Waals surface area contributed by atoms with E-state index in [4.69, 9.17) is 5.11 Å². The monoisotopic (exact) mass is 323 g/mol. The van der Waals surface area contributed by atoms with Gasteiger partial charge < -0.3 is 10.0 Å². The number of piperidine rings is 1. The van der Waals surface area contributed by atoms with Crippen LogP contribution in [0.15, 0.2) is 48.5 Å². The van der Waals surface area contributed by atoms with Gasteiger partial charge in [-0.05, 0) is 48.1 Å². The summed E-state index contributed by atoms with van der Waals surface area (Å²) in [6, 6.07) is 15.1. The van der Waals surface area contributed by atoms with E-state index in [1.807, 2.05) is 53.4 Å². The van der Waals surface area contributed by atoms with Crippen molar-refractivity contribution in [3.8, 4) is 11.1 Å². The molecule has 4 heteroatoms. The van der Waals surface area contributed by atoms with E-state index >= 15 is 0 Å². The number of hydrogen-bond donors (Lipinski definition) is 1. The van der Waals surface area contributed by atoms with Crippen molar-refractivity contribution in [1.29, 1.82) is 0 Å². The molecule has 1 aliphatic rings. The number of carboxylic acids is 1. The zero-order valence-corrected chi connectivity index (χ0v) is 13.6. The van der Waals surface area contributed by atoms with Gasteiger partial charge in [0.05, 0.1) is 6.42 Å². The maximum atomic E-state index is 12.5. The molecule has 0 spiro atoms. The van der Waals surface area contributed by atoms with E-state index in [1.165, 1.54) is 6.42 Å². The Morgan fingerprint density at radius 1 is 0.917 bits per heavy atom. The van der Waals surface area contributed by atoms with Gasteiger partial charge in [-0.2, -0.15) is 0 Å². The number of aliphatic carboxylic acids is 1. The summed E-state index contributed by atoms with van der Waals surface area (Å²) in [5.41, 5.74) is 3.43. The van der Waals surface area contributed by atoms with Gasteiger partial charge in [0.15, 0.2) is 0 Å². The molecule has 1 fully saturated rings. The molecule has 2 aromatic carbocycles. The lowest BCUT2D eigenvalue weighted by molar-refractivity contribution is -0.136. The fourth-order valence-electron chi connectivity index (χ4n) is 3.12. The van der Waals surface area contributed by atoms with E-state index in [-0.39, 0.29) is 12.3 Å². The van der Waals surface area contributed by atoms with Gasteiger partial charge in [0.25, 0.3) is 5.91 Å². The molecule has 24 heavy (non-hydrogen) atoms. The summed E-state index contributed by atoms with van der Waals surface area (Å²) in [4.78, 5) is 25.3. The van der Waals surface area contributed by atoms with Crippen molar-refractivity contribution in [1.82, 2.24) is 4.90 Å². The van der Waals surface area contributed by atoms with E-state index in [1.54, 1.807) is 0 Å². The van der Waals surface area contributed by atoms with Gasteiger partial charge in [-0.3, -0.25) is 9.59 Å². The number of rotatable bonds is 4. The average molecular weight is 323 g/mol. The molecule has 0 bridgehead atoms. The summed E-state index contributed by atoms with van der Waals surface area (Å²) in [7, 11) is 0. The molecule has 0 saturated carbocycles. The van der Waals surface area contributed by atoms with Crippen LogP contribution >= 0.6 is 0 Å². The first kappa shape index (κ1) is 16.2. The summed E-state index contributed by atoms with van der Waals surface area (Å²) in [6.45, 7) is 1.69. The van der Waals surface area contributed by atoms with Gasteiger partial charge in [0, 0.05) is 18.7 Å². The minimum atomic E-state index is -0.838. The highest BCUT2D eigenvalue weighted by Crippen LogP contribution is 2.22. The van der Waals surface area contributed by atoms with Gasteiger partial charge in [-0.1, -0.05) is 36.4 Å². The van der Waals surface area contributed by atoms with Gasteiger partial charge >= 0.3 is 5.97 Å². The maximum Gasteiger partial charge on any atom is 0.307 e. The van der Waals surface area contributed by atoms with Crippen molar-refractivity contribution in [2.24, 2.45) is 0 Å². The number of likely N-dealkylation sites (tertiary alicyclic amines) is 1. The fraction of sp³-hybridized carbons (Fsp3) is 0.300. The summed E-state index contributed by atoms with van der Waals surface area (Å²) in [5, 5.41) is 8.91. The summed E-state index contributed by atoms with van der Waals surface area (Å²) < 4.78 is 0. The van der Waals surface area contributed by atoms with Crippen molar-refractivity contribution >= 4 is 11.9 Å². The van der Waals surface area contributed by atoms with Crippen molar-refractivity contribution < 1.29 is 14.7 Å². The predicted octanol–water partition coefficient (Wildman–Crippen LogP) is 3.61. The Kier molecular flexibility index (Phi) is 4.94. The van der Waals surface area contributed by atoms with Crippen LogP contribution in [0.1, 0.15) is 35.2 Å². The molecule has 1 amide bonds. The molecular formula is C20H21NO3. The van der Waals surface area contributed by atoms with Gasteiger partial charge in [-0.25, -0.2) is 0 Å². The van der Waals surface area contributed by atoms with Gasteiger partial charge in [0.1, 0.15) is 0 Å². The number of nitrogens with zero attached hydrogens (tertiary/aromatic N) is 1. The third-order valence-electron chi connectivity index (χ3n) is 4.39. The molecule has 124 valence electrons. The smallest absolute Gasteiger partial charge is 0.307 e. The first-order valence-electron chi connectivity index (χ1n) is 8.34. The maximum absolute atomic E-state index is 12.5. The Morgan fingerprint density at radius 3 is 2.29 bits per heavy atom. The minimum Gasteiger partial charge on any atom is -0.481 e. The second-order valence-electron chi connectivity index (χ2n) is 6.20. The molecule has 1 N–H and O–H groups in total. The van der Waals surface area contributed by atoms with Crippen LogP contribution in [0, 0.1) is 0 Å². The van der Waals surface area contributed by atoms with Crippen LogP contribution in [0.25, 0.3) is 11.1 Å². The van der Waals surface area contributed by atoms with Crippen LogP contribution in [0.2, 0.25) is 0 Å². The third kappa shape index (κ3) is 3.82. The van der Waals surface area contributed by atoms with E-state index in [0.717, 1.165) is 42.6 Å².